The van der Waals surface area contributed by atoms with Crippen LogP contribution in [0.1, 0.15) is 11.1 Å². The number of nitrogens with one attached hydrogen (secondary N) is 1. The maximum Gasteiger partial charge on any atom is 0.327 e. The van der Waals surface area contributed by atoms with Crippen LogP contribution in [0.5, 0.6) is 5.75 Å². The number of hydrogen-bond acceptors (Lipinski definition) is 5. The minimum absolute atomic E-state index is 0.0200. The molecule has 0 fully saturated rings. The van der Waals surface area contributed by atoms with Gasteiger partial charge in [-0.05, 0) is 17.5 Å². The first-order valence-corrected chi connectivity index (χ1v) is 6.99. The third-order valence-electron chi connectivity index (χ3n) is 3.39. The molecular weight excluding hydrogens is 303 g/mol. The summed E-state index contributed by atoms with van der Waals surface area (Å²) < 4.78 is 18.7. The third-order valence-corrected chi connectivity index (χ3v) is 3.39. The van der Waals surface area contributed by atoms with Gasteiger partial charge in [0.05, 0.1) is 18.6 Å². The van der Waals surface area contributed by atoms with Crippen LogP contribution in [-0.4, -0.2) is 23.7 Å². The molecule has 0 aliphatic heterocycles. The predicted octanol–water partition coefficient (Wildman–Crippen LogP) is 2.89. The van der Waals surface area contributed by atoms with Crippen molar-refractivity contribution in [1.82, 2.24) is 0 Å². The van der Waals surface area contributed by atoms with Crippen LogP contribution in [0.3, 0.4) is 0 Å². The lowest BCUT2D eigenvalue weighted by molar-refractivity contribution is -0.386. The van der Waals surface area contributed by atoms with Crippen LogP contribution < -0.4 is 10.1 Å². The number of rotatable bonds is 7. The highest BCUT2D eigenvalue weighted by Gasteiger charge is 2.21. The van der Waals surface area contributed by atoms with E-state index in [9.17, 15) is 14.5 Å². The fourth-order valence-electron chi connectivity index (χ4n) is 2.17. The molecule has 0 atom stereocenters. The molecule has 0 bridgehead atoms. The van der Waals surface area contributed by atoms with Gasteiger partial charge in [0.1, 0.15) is 11.4 Å². The molecule has 0 radical (unpaired) electrons. The van der Waals surface area contributed by atoms with Crippen LogP contribution in [0.2, 0.25) is 0 Å². The zero-order valence-corrected chi connectivity index (χ0v) is 12.6. The van der Waals surface area contributed by atoms with Crippen LogP contribution in [-0.2, 0) is 13.0 Å². The summed E-state index contributed by atoms with van der Waals surface area (Å²) in [5.74, 6) is -0.730. The summed E-state index contributed by atoms with van der Waals surface area (Å²) in [6, 6.07) is 9.74. The second kappa shape index (κ2) is 7.55. The number of anilines is 1. The Kier molecular flexibility index (Phi) is 5.48. The molecule has 23 heavy (non-hydrogen) atoms. The van der Waals surface area contributed by atoms with Crippen molar-refractivity contribution < 1.29 is 19.2 Å². The molecule has 6 nitrogen and oxygen atoms in total. The summed E-state index contributed by atoms with van der Waals surface area (Å²) in [6.07, 6.45) is 0.599. The van der Waals surface area contributed by atoms with Gasteiger partial charge in [-0.25, -0.2) is 0 Å². The second-order valence-electron chi connectivity index (χ2n) is 4.91. The van der Waals surface area contributed by atoms with Crippen LogP contribution in [0.4, 0.5) is 15.8 Å². The maximum atomic E-state index is 13.8. The topological polar surface area (TPSA) is 84.6 Å². The second-order valence-corrected chi connectivity index (χ2v) is 4.91. The molecule has 0 aliphatic carbocycles. The lowest BCUT2D eigenvalue weighted by Gasteiger charge is -2.10. The van der Waals surface area contributed by atoms with Gasteiger partial charge in [-0.3, -0.25) is 10.1 Å². The molecule has 0 spiro atoms. The van der Waals surface area contributed by atoms with E-state index in [2.05, 4.69) is 5.32 Å². The van der Waals surface area contributed by atoms with E-state index >= 15 is 0 Å². The van der Waals surface area contributed by atoms with Crippen molar-refractivity contribution in [2.75, 3.05) is 19.0 Å². The summed E-state index contributed by atoms with van der Waals surface area (Å²) in [7, 11) is 1.37. The lowest BCUT2D eigenvalue weighted by atomic mass is 10.1. The van der Waals surface area contributed by atoms with Gasteiger partial charge < -0.3 is 15.2 Å². The molecule has 0 unspecified atom stereocenters. The van der Waals surface area contributed by atoms with Crippen molar-refractivity contribution in [2.24, 2.45) is 0 Å². The lowest BCUT2D eigenvalue weighted by Crippen LogP contribution is -2.08. The summed E-state index contributed by atoms with van der Waals surface area (Å²) in [4.78, 5) is 10.3. The van der Waals surface area contributed by atoms with E-state index in [0.717, 1.165) is 17.2 Å². The standard InChI is InChI=1S/C16H17FN2O4/c1-23-13-8-14(17)16(19(21)22)15(9-13)18-7-6-11-2-4-12(10-20)5-3-11/h2-5,8-9,18,20H,6-7,10H2,1H3. The molecule has 2 N–H and O–H groups in total. The molecule has 0 saturated carbocycles. The Morgan fingerprint density at radius 1 is 1.26 bits per heavy atom. The fourth-order valence-corrected chi connectivity index (χ4v) is 2.17. The fraction of sp³-hybridized carbons (Fsp3) is 0.250. The minimum Gasteiger partial charge on any atom is -0.497 e. The van der Waals surface area contributed by atoms with E-state index in [1.54, 1.807) is 0 Å². The first-order chi connectivity index (χ1) is 11.0. The van der Waals surface area contributed by atoms with Gasteiger partial charge in [0, 0.05) is 18.7 Å². The number of benzene rings is 2. The van der Waals surface area contributed by atoms with Crippen molar-refractivity contribution in [3.05, 3.63) is 63.5 Å². The molecule has 0 heterocycles. The van der Waals surface area contributed by atoms with Gasteiger partial charge in [0.25, 0.3) is 0 Å². The van der Waals surface area contributed by atoms with Gasteiger partial charge in [0.15, 0.2) is 0 Å². The number of aliphatic hydroxyl groups is 1. The quantitative estimate of drug-likeness (QED) is 0.605. The summed E-state index contributed by atoms with van der Waals surface area (Å²) in [5.41, 5.74) is 1.30. The summed E-state index contributed by atoms with van der Waals surface area (Å²) in [5, 5.41) is 22.9. The smallest absolute Gasteiger partial charge is 0.327 e. The van der Waals surface area contributed by atoms with E-state index in [0.29, 0.717) is 13.0 Å². The number of hydrogen-bond donors (Lipinski definition) is 2. The number of nitro benzene ring substituents is 1. The number of halogens is 1. The van der Waals surface area contributed by atoms with Crippen LogP contribution >= 0.6 is 0 Å². The molecule has 0 aliphatic rings. The number of nitrogens with zero attached hydrogens (tertiary/aromatic N) is 1. The van der Waals surface area contributed by atoms with Crippen molar-refractivity contribution >= 4 is 11.4 Å². The molecule has 7 heteroatoms. The molecule has 122 valence electrons. The predicted molar refractivity (Wildman–Crippen MR) is 84.2 cm³/mol. The largest absolute Gasteiger partial charge is 0.497 e. The first kappa shape index (κ1) is 16.7. The zero-order chi connectivity index (χ0) is 16.8. The maximum absolute atomic E-state index is 13.8. The molecular formula is C16H17FN2O4. The number of ether oxygens (including phenoxy) is 1. The van der Waals surface area contributed by atoms with Gasteiger partial charge in [0.2, 0.25) is 5.82 Å². The third kappa shape index (κ3) is 4.17. The number of methoxy groups -OCH3 is 1. The normalized spacial score (nSPS) is 10.4. The monoisotopic (exact) mass is 320 g/mol. The van der Waals surface area contributed by atoms with E-state index in [1.165, 1.54) is 13.2 Å². The Balaban J connectivity index is 2.09. The highest BCUT2D eigenvalue weighted by Crippen LogP contribution is 2.32. The van der Waals surface area contributed by atoms with Crippen LogP contribution in [0, 0.1) is 15.9 Å². The summed E-state index contributed by atoms with van der Waals surface area (Å²) >= 11 is 0. The molecule has 0 aromatic heterocycles. The van der Waals surface area contributed by atoms with Gasteiger partial charge in [-0.1, -0.05) is 24.3 Å². The minimum atomic E-state index is -0.941. The molecule has 2 aromatic rings. The molecule has 0 amide bonds. The molecule has 2 rings (SSSR count). The SMILES string of the molecule is COc1cc(F)c([N+](=O)[O-])c(NCCc2ccc(CO)cc2)c1. The van der Waals surface area contributed by atoms with Crippen molar-refractivity contribution in [2.45, 2.75) is 13.0 Å². The van der Waals surface area contributed by atoms with E-state index in [4.69, 9.17) is 9.84 Å². The summed E-state index contributed by atoms with van der Waals surface area (Å²) in [6.45, 7) is 0.375. The van der Waals surface area contributed by atoms with Crippen molar-refractivity contribution in [3.8, 4) is 5.75 Å². The number of aliphatic hydroxyl groups excluding tert-OH is 1. The molecule has 2 aromatic carbocycles. The first-order valence-electron chi connectivity index (χ1n) is 6.99. The number of nitro groups is 1. The molecule has 0 saturated heterocycles. The van der Waals surface area contributed by atoms with Crippen molar-refractivity contribution in [1.29, 1.82) is 0 Å². The Hall–Kier alpha value is -2.67. The average Bonchev–Trinajstić information content (AvgIpc) is 2.54. The Bertz CT molecular complexity index is 689. The van der Waals surface area contributed by atoms with E-state index in [1.807, 2.05) is 24.3 Å². The zero-order valence-electron chi connectivity index (χ0n) is 12.6. The van der Waals surface area contributed by atoms with Gasteiger partial charge >= 0.3 is 5.69 Å². The van der Waals surface area contributed by atoms with Gasteiger partial charge in [-0.2, -0.15) is 4.39 Å². The Morgan fingerprint density at radius 2 is 1.91 bits per heavy atom. The highest BCUT2D eigenvalue weighted by molar-refractivity contribution is 5.65. The van der Waals surface area contributed by atoms with E-state index < -0.39 is 16.4 Å². The highest BCUT2D eigenvalue weighted by atomic mass is 19.1. The van der Waals surface area contributed by atoms with Crippen molar-refractivity contribution in [3.63, 3.8) is 0 Å². The Labute approximate surface area is 132 Å². The average molecular weight is 320 g/mol. The van der Waals surface area contributed by atoms with Gasteiger partial charge in [-0.15, -0.1) is 0 Å². The van der Waals surface area contributed by atoms with Crippen LogP contribution in [0.15, 0.2) is 36.4 Å². The Morgan fingerprint density at radius 3 is 2.48 bits per heavy atom. The van der Waals surface area contributed by atoms with Crippen LogP contribution in [0.25, 0.3) is 0 Å². The van der Waals surface area contributed by atoms with E-state index in [-0.39, 0.29) is 18.0 Å².